The third kappa shape index (κ3) is 5.19. The number of para-hydroxylation sites is 1. The van der Waals surface area contributed by atoms with E-state index in [1.807, 2.05) is 41.3 Å². The Morgan fingerprint density at radius 2 is 1.66 bits per heavy atom. The fourth-order valence-corrected chi connectivity index (χ4v) is 3.42. The van der Waals surface area contributed by atoms with Crippen molar-refractivity contribution in [2.45, 2.75) is 6.42 Å². The molecule has 1 N–H and O–H groups in total. The Morgan fingerprint density at radius 1 is 0.966 bits per heavy atom. The SMILES string of the molecule is COC(=O)c1ccc(N2CCN(C(=O)NCCc3ccccc3OC)CC2)cc1. The second-order valence-corrected chi connectivity index (χ2v) is 6.81. The molecule has 0 atom stereocenters. The molecule has 0 aromatic heterocycles. The van der Waals surface area contributed by atoms with Gasteiger partial charge in [0, 0.05) is 38.4 Å². The molecule has 2 aromatic carbocycles. The van der Waals surface area contributed by atoms with Gasteiger partial charge >= 0.3 is 12.0 Å². The number of piperazine rings is 1. The van der Waals surface area contributed by atoms with E-state index in [0.717, 1.165) is 36.5 Å². The monoisotopic (exact) mass is 397 g/mol. The van der Waals surface area contributed by atoms with Gasteiger partial charge in [0.2, 0.25) is 0 Å². The van der Waals surface area contributed by atoms with Crippen molar-refractivity contribution >= 4 is 17.7 Å². The molecular formula is C22H27N3O4. The lowest BCUT2D eigenvalue weighted by atomic mass is 10.1. The maximum Gasteiger partial charge on any atom is 0.337 e. The van der Waals surface area contributed by atoms with Crippen LogP contribution in [0.5, 0.6) is 5.75 Å². The fourth-order valence-electron chi connectivity index (χ4n) is 3.42. The molecule has 7 nitrogen and oxygen atoms in total. The molecule has 0 aliphatic carbocycles. The van der Waals surface area contributed by atoms with E-state index in [-0.39, 0.29) is 12.0 Å². The number of methoxy groups -OCH3 is 2. The van der Waals surface area contributed by atoms with Crippen molar-refractivity contribution in [1.82, 2.24) is 10.2 Å². The van der Waals surface area contributed by atoms with E-state index in [2.05, 4.69) is 10.2 Å². The summed E-state index contributed by atoms with van der Waals surface area (Å²) in [6.07, 6.45) is 0.724. The first-order valence-corrected chi connectivity index (χ1v) is 9.70. The number of amides is 2. The smallest absolute Gasteiger partial charge is 0.337 e. The average molecular weight is 397 g/mol. The standard InChI is InChI=1S/C22H27N3O4/c1-28-20-6-4-3-5-17(20)11-12-23-22(27)25-15-13-24(14-16-25)19-9-7-18(8-10-19)21(26)29-2/h3-10H,11-16H2,1-2H3,(H,23,27). The largest absolute Gasteiger partial charge is 0.496 e. The van der Waals surface area contributed by atoms with E-state index < -0.39 is 0 Å². The third-order valence-corrected chi connectivity index (χ3v) is 5.08. The normalized spacial score (nSPS) is 13.7. The van der Waals surface area contributed by atoms with Crippen LogP contribution in [-0.4, -0.2) is 63.8 Å². The van der Waals surface area contributed by atoms with Gasteiger partial charge in [-0.2, -0.15) is 0 Å². The van der Waals surface area contributed by atoms with Gasteiger partial charge < -0.3 is 24.6 Å². The van der Waals surface area contributed by atoms with E-state index in [9.17, 15) is 9.59 Å². The number of carbonyl (C=O) groups excluding carboxylic acids is 2. The summed E-state index contributed by atoms with van der Waals surface area (Å²) in [4.78, 5) is 28.0. The molecule has 2 amide bonds. The molecule has 29 heavy (non-hydrogen) atoms. The van der Waals surface area contributed by atoms with Gasteiger partial charge in [-0.1, -0.05) is 18.2 Å². The lowest BCUT2D eigenvalue weighted by Gasteiger charge is -2.36. The Balaban J connectivity index is 1.45. The number of esters is 1. The van der Waals surface area contributed by atoms with Gasteiger partial charge in [-0.25, -0.2) is 9.59 Å². The lowest BCUT2D eigenvalue weighted by molar-refractivity contribution is 0.0600. The molecule has 0 bridgehead atoms. The first-order valence-electron chi connectivity index (χ1n) is 9.70. The second-order valence-electron chi connectivity index (χ2n) is 6.81. The lowest BCUT2D eigenvalue weighted by Crippen LogP contribution is -2.52. The molecule has 1 saturated heterocycles. The zero-order valence-electron chi connectivity index (χ0n) is 16.9. The van der Waals surface area contributed by atoms with Crippen LogP contribution in [0.2, 0.25) is 0 Å². The molecule has 0 radical (unpaired) electrons. The molecule has 0 saturated carbocycles. The average Bonchev–Trinajstić information content (AvgIpc) is 2.79. The first-order chi connectivity index (χ1) is 14.1. The summed E-state index contributed by atoms with van der Waals surface area (Å²) in [5, 5.41) is 2.99. The van der Waals surface area contributed by atoms with Gasteiger partial charge in [0.1, 0.15) is 5.75 Å². The number of anilines is 1. The van der Waals surface area contributed by atoms with Crippen molar-refractivity contribution < 1.29 is 19.1 Å². The zero-order chi connectivity index (χ0) is 20.6. The minimum absolute atomic E-state index is 0.0411. The molecule has 154 valence electrons. The zero-order valence-corrected chi connectivity index (χ0v) is 16.9. The fraction of sp³-hybridized carbons (Fsp3) is 0.364. The van der Waals surface area contributed by atoms with Crippen LogP contribution >= 0.6 is 0 Å². The Hall–Kier alpha value is -3.22. The topological polar surface area (TPSA) is 71.1 Å². The molecule has 2 aromatic rings. The minimum atomic E-state index is -0.342. The number of nitrogens with zero attached hydrogens (tertiary/aromatic N) is 2. The van der Waals surface area contributed by atoms with Gasteiger partial charge in [0.25, 0.3) is 0 Å². The van der Waals surface area contributed by atoms with Crippen LogP contribution in [0.4, 0.5) is 10.5 Å². The van der Waals surface area contributed by atoms with E-state index in [0.29, 0.717) is 25.2 Å². The van der Waals surface area contributed by atoms with Crippen molar-refractivity contribution in [1.29, 1.82) is 0 Å². The number of rotatable bonds is 6. The van der Waals surface area contributed by atoms with Crippen molar-refractivity contribution in [3.63, 3.8) is 0 Å². The quantitative estimate of drug-likeness (QED) is 0.759. The second kappa shape index (κ2) is 9.82. The molecule has 7 heteroatoms. The highest BCUT2D eigenvalue weighted by molar-refractivity contribution is 5.89. The number of urea groups is 1. The molecule has 0 unspecified atom stereocenters. The summed E-state index contributed by atoms with van der Waals surface area (Å²) >= 11 is 0. The van der Waals surface area contributed by atoms with Crippen LogP contribution in [0.3, 0.4) is 0 Å². The number of hydrogen-bond acceptors (Lipinski definition) is 5. The van der Waals surface area contributed by atoms with Crippen molar-refractivity contribution in [3.8, 4) is 5.75 Å². The van der Waals surface area contributed by atoms with Crippen molar-refractivity contribution in [3.05, 3.63) is 59.7 Å². The number of hydrogen-bond donors (Lipinski definition) is 1. The van der Waals surface area contributed by atoms with Gasteiger partial charge in [-0.3, -0.25) is 0 Å². The molecule has 0 spiro atoms. The molecule has 1 heterocycles. The molecule has 3 rings (SSSR count). The highest BCUT2D eigenvalue weighted by Gasteiger charge is 2.21. The van der Waals surface area contributed by atoms with E-state index in [1.54, 1.807) is 19.2 Å². The molecule has 1 aliphatic heterocycles. The summed E-state index contributed by atoms with van der Waals surface area (Å²) < 4.78 is 10.1. The van der Waals surface area contributed by atoms with E-state index in [4.69, 9.17) is 9.47 Å². The predicted molar refractivity (Wildman–Crippen MR) is 112 cm³/mol. The maximum atomic E-state index is 12.5. The summed E-state index contributed by atoms with van der Waals surface area (Å²) in [6, 6.07) is 15.1. The summed E-state index contributed by atoms with van der Waals surface area (Å²) in [7, 11) is 3.02. The Bertz CT molecular complexity index is 830. The van der Waals surface area contributed by atoms with Crippen LogP contribution in [0.15, 0.2) is 48.5 Å². The van der Waals surface area contributed by atoms with Gasteiger partial charge in [0.05, 0.1) is 19.8 Å². The van der Waals surface area contributed by atoms with Gasteiger partial charge in [0.15, 0.2) is 0 Å². The molecular weight excluding hydrogens is 370 g/mol. The van der Waals surface area contributed by atoms with Crippen molar-refractivity contribution in [2.75, 3.05) is 51.8 Å². The minimum Gasteiger partial charge on any atom is -0.496 e. The first kappa shape index (κ1) is 20.5. The summed E-state index contributed by atoms with van der Waals surface area (Å²) in [6.45, 7) is 3.36. The van der Waals surface area contributed by atoms with Crippen LogP contribution < -0.4 is 15.0 Å². The number of nitrogens with one attached hydrogen (secondary N) is 1. The van der Waals surface area contributed by atoms with Crippen LogP contribution in [0.25, 0.3) is 0 Å². The van der Waals surface area contributed by atoms with Crippen molar-refractivity contribution in [2.24, 2.45) is 0 Å². The highest BCUT2D eigenvalue weighted by Crippen LogP contribution is 2.19. The van der Waals surface area contributed by atoms with Gasteiger partial charge in [-0.15, -0.1) is 0 Å². The van der Waals surface area contributed by atoms with E-state index in [1.165, 1.54) is 7.11 Å². The Morgan fingerprint density at radius 3 is 2.31 bits per heavy atom. The number of ether oxygens (including phenoxy) is 2. The summed E-state index contributed by atoms with van der Waals surface area (Å²) in [5.74, 6) is 0.500. The van der Waals surface area contributed by atoms with E-state index >= 15 is 0 Å². The number of carbonyl (C=O) groups is 2. The van der Waals surface area contributed by atoms with Crippen LogP contribution in [-0.2, 0) is 11.2 Å². The molecule has 1 fully saturated rings. The predicted octanol–water partition coefficient (Wildman–Crippen LogP) is 2.56. The molecule has 1 aliphatic rings. The van der Waals surface area contributed by atoms with Crippen LogP contribution in [0.1, 0.15) is 15.9 Å². The van der Waals surface area contributed by atoms with Crippen LogP contribution in [0, 0.1) is 0 Å². The highest BCUT2D eigenvalue weighted by atomic mass is 16.5. The van der Waals surface area contributed by atoms with Gasteiger partial charge in [-0.05, 0) is 42.3 Å². The summed E-state index contributed by atoms with van der Waals surface area (Å²) in [5.41, 5.74) is 2.65. The maximum absolute atomic E-state index is 12.5. The number of benzene rings is 2. The third-order valence-electron chi connectivity index (χ3n) is 5.08. The Labute approximate surface area is 171 Å². The Kier molecular flexibility index (Phi) is 6.94.